The van der Waals surface area contributed by atoms with Gasteiger partial charge in [-0.2, -0.15) is 0 Å². The van der Waals surface area contributed by atoms with Gasteiger partial charge in [-0.25, -0.2) is 0 Å². The van der Waals surface area contributed by atoms with E-state index < -0.39 is 0 Å². The lowest BCUT2D eigenvalue weighted by Gasteiger charge is -2.43. The van der Waals surface area contributed by atoms with Crippen LogP contribution in [-0.4, -0.2) is 43.3 Å². The number of nitrogens with zero attached hydrogens (tertiary/aromatic N) is 1. The van der Waals surface area contributed by atoms with E-state index in [1.54, 1.807) is 0 Å². The molecule has 1 saturated heterocycles. The number of hydrogen-bond acceptors (Lipinski definition) is 3. The van der Waals surface area contributed by atoms with Gasteiger partial charge < -0.3 is 10.1 Å². The van der Waals surface area contributed by atoms with Crippen molar-refractivity contribution in [3.05, 3.63) is 35.9 Å². The van der Waals surface area contributed by atoms with Crippen LogP contribution in [0, 0.1) is 0 Å². The Hall–Kier alpha value is -0.900. The molecule has 1 heterocycles. The Kier molecular flexibility index (Phi) is 5.80. The minimum atomic E-state index is -0.0108. The topological polar surface area (TPSA) is 24.5 Å². The van der Waals surface area contributed by atoms with Crippen LogP contribution >= 0.6 is 0 Å². The van der Waals surface area contributed by atoms with Gasteiger partial charge in [0.25, 0.3) is 0 Å². The van der Waals surface area contributed by atoms with E-state index in [9.17, 15) is 0 Å². The van der Waals surface area contributed by atoms with Crippen molar-refractivity contribution < 1.29 is 4.74 Å². The van der Waals surface area contributed by atoms with E-state index in [0.29, 0.717) is 12.1 Å². The second-order valence-electron chi connectivity index (χ2n) is 6.72. The summed E-state index contributed by atoms with van der Waals surface area (Å²) in [5.41, 5.74) is 1.38. The lowest BCUT2D eigenvalue weighted by atomic mass is 9.92. The summed E-state index contributed by atoms with van der Waals surface area (Å²) in [7, 11) is 1.84. The molecule has 21 heavy (non-hydrogen) atoms. The van der Waals surface area contributed by atoms with Crippen LogP contribution in [0.3, 0.4) is 0 Å². The molecule has 1 aliphatic heterocycles. The van der Waals surface area contributed by atoms with Crippen LogP contribution < -0.4 is 5.32 Å². The summed E-state index contributed by atoms with van der Waals surface area (Å²) in [6.07, 6.45) is 2.36. The predicted octanol–water partition coefficient (Wildman–Crippen LogP) is 3.23. The molecule has 1 aliphatic rings. The van der Waals surface area contributed by atoms with Crippen molar-refractivity contribution in [2.24, 2.45) is 0 Å². The molecule has 1 N–H and O–H groups in total. The van der Waals surface area contributed by atoms with Crippen LogP contribution in [0.1, 0.15) is 45.2 Å². The fourth-order valence-electron chi connectivity index (χ4n) is 3.16. The van der Waals surface area contributed by atoms with E-state index in [-0.39, 0.29) is 5.60 Å². The fraction of sp³-hybridized carbons (Fsp3) is 0.667. The molecule has 0 spiro atoms. The molecule has 0 radical (unpaired) electrons. The van der Waals surface area contributed by atoms with Crippen molar-refractivity contribution in [2.45, 2.75) is 51.3 Å². The van der Waals surface area contributed by atoms with Gasteiger partial charge >= 0.3 is 0 Å². The Labute approximate surface area is 129 Å². The van der Waals surface area contributed by atoms with Gasteiger partial charge in [0.15, 0.2) is 0 Å². The smallest absolute Gasteiger partial charge is 0.0777 e. The van der Waals surface area contributed by atoms with Crippen molar-refractivity contribution in [3.8, 4) is 0 Å². The maximum Gasteiger partial charge on any atom is 0.0777 e. The SMILES string of the molecule is COC1(C)CCCN(C(CNC(C)C)c2ccccc2)C1. The molecule has 2 atom stereocenters. The van der Waals surface area contributed by atoms with Gasteiger partial charge in [-0.1, -0.05) is 44.2 Å². The highest BCUT2D eigenvalue weighted by atomic mass is 16.5. The van der Waals surface area contributed by atoms with Gasteiger partial charge in [-0.05, 0) is 31.9 Å². The zero-order valence-corrected chi connectivity index (χ0v) is 13.9. The Balaban J connectivity index is 2.14. The van der Waals surface area contributed by atoms with Gasteiger partial charge in [0.2, 0.25) is 0 Å². The van der Waals surface area contributed by atoms with Gasteiger partial charge in [0.05, 0.1) is 5.60 Å². The molecule has 3 nitrogen and oxygen atoms in total. The van der Waals surface area contributed by atoms with E-state index in [4.69, 9.17) is 4.74 Å². The summed E-state index contributed by atoms with van der Waals surface area (Å²) in [4.78, 5) is 2.58. The number of nitrogens with one attached hydrogen (secondary N) is 1. The third-order valence-electron chi connectivity index (χ3n) is 4.53. The van der Waals surface area contributed by atoms with Crippen molar-refractivity contribution >= 4 is 0 Å². The number of ether oxygens (including phenoxy) is 1. The molecule has 0 aliphatic carbocycles. The highest BCUT2D eigenvalue weighted by Gasteiger charge is 2.34. The lowest BCUT2D eigenvalue weighted by molar-refractivity contribution is -0.0616. The van der Waals surface area contributed by atoms with E-state index >= 15 is 0 Å². The summed E-state index contributed by atoms with van der Waals surface area (Å²) < 4.78 is 5.76. The minimum absolute atomic E-state index is 0.0108. The molecule has 0 aromatic heterocycles. The molecule has 0 saturated carbocycles. The van der Waals surface area contributed by atoms with E-state index in [1.807, 2.05) is 7.11 Å². The third kappa shape index (κ3) is 4.53. The van der Waals surface area contributed by atoms with E-state index in [1.165, 1.54) is 12.0 Å². The summed E-state index contributed by atoms with van der Waals surface area (Å²) in [6, 6.07) is 11.8. The standard InChI is InChI=1S/C18H30N2O/c1-15(2)19-13-17(16-9-6-5-7-10-16)20-12-8-11-18(3,14-20)21-4/h5-7,9-10,15,17,19H,8,11-14H2,1-4H3. The fourth-order valence-corrected chi connectivity index (χ4v) is 3.16. The first-order valence-corrected chi connectivity index (χ1v) is 8.11. The minimum Gasteiger partial charge on any atom is -0.377 e. The first kappa shape index (κ1) is 16.5. The molecule has 2 unspecified atom stereocenters. The number of rotatable bonds is 6. The zero-order valence-electron chi connectivity index (χ0n) is 13.9. The first-order valence-electron chi connectivity index (χ1n) is 8.11. The summed E-state index contributed by atoms with van der Waals surface area (Å²) in [5.74, 6) is 0. The summed E-state index contributed by atoms with van der Waals surface area (Å²) in [6.45, 7) is 9.79. The van der Waals surface area contributed by atoms with Crippen molar-refractivity contribution in [3.63, 3.8) is 0 Å². The van der Waals surface area contributed by atoms with Crippen LogP contribution in [0.15, 0.2) is 30.3 Å². The average molecular weight is 290 g/mol. The molecule has 0 amide bonds. The van der Waals surface area contributed by atoms with Crippen LogP contribution in [0.4, 0.5) is 0 Å². The number of likely N-dealkylation sites (tertiary alicyclic amines) is 1. The molecular weight excluding hydrogens is 260 g/mol. The van der Waals surface area contributed by atoms with Gasteiger partial charge in [0, 0.05) is 32.3 Å². The molecule has 1 fully saturated rings. The van der Waals surface area contributed by atoms with Crippen LogP contribution in [0.2, 0.25) is 0 Å². The van der Waals surface area contributed by atoms with Gasteiger partial charge in [0.1, 0.15) is 0 Å². The first-order chi connectivity index (χ1) is 10.0. The third-order valence-corrected chi connectivity index (χ3v) is 4.53. The van der Waals surface area contributed by atoms with Crippen molar-refractivity contribution in [2.75, 3.05) is 26.7 Å². The second-order valence-corrected chi connectivity index (χ2v) is 6.72. The molecule has 2 rings (SSSR count). The predicted molar refractivity (Wildman–Crippen MR) is 88.5 cm³/mol. The molecule has 1 aromatic rings. The Morgan fingerprint density at radius 3 is 2.62 bits per heavy atom. The van der Waals surface area contributed by atoms with Crippen LogP contribution in [0.25, 0.3) is 0 Å². The van der Waals surface area contributed by atoms with Crippen LogP contribution in [0.5, 0.6) is 0 Å². The molecule has 3 heteroatoms. The Morgan fingerprint density at radius 2 is 2.00 bits per heavy atom. The van der Waals surface area contributed by atoms with E-state index in [0.717, 1.165) is 26.1 Å². The molecule has 118 valence electrons. The maximum absolute atomic E-state index is 5.76. The monoisotopic (exact) mass is 290 g/mol. The highest BCUT2D eigenvalue weighted by molar-refractivity contribution is 5.20. The Bertz CT molecular complexity index is 420. The highest BCUT2D eigenvalue weighted by Crippen LogP contribution is 2.30. The van der Waals surface area contributed by atoms with Crippen LogP contribution in [-0.2, 0) is 4.74 Å². The lowest BCUT2D eigenvalue weighted by Crippen LogP contribution is -2.50. The summed E-state index contributed by atoms with van der Waals surface area (Å²) in [5, 5.41) is 3.60. The summed E-state index contributed by atoms with van der Waals surface area (Å²) >= 11 is 0. The average Bonchev–Trinajstić information content (AvgIpc) is 2.48. The van der Waals surface area contributed by atoms with E-state index in [2.05, 4.69) is 61.3 Å². The number of piperidine rings is 1. The van der Waals surface area contributed by atoms with Crippen molar-refractivity contribution in [1.29, 1.82) is 0 Å². The quantitative estimate of drug-likeness (QED) is 0.870. The Morgan fingerprint density at radius 1 is 1.29 bits per heavy atom. The van der Waals surface area contributed by atoms with Gasteiger partial charge in [-0.15, -0.1) is 0 Å². The number of hydrogen-bond donors (Lipinski definition) is 1. The number of benzene rings is 1. The maximum atomic E-state index is 5.76. The molecule has 1 aromatic carbocycles. The normalized spacial score (nSPS) is 25.2. The van der Waals surface area contributed by atoms with Crippen molar-refractivity contribution in [1.82, 2.24) is 10.2 Å². The number of methoxy groups -OCH3 is 1. The molecular formula is C18H30N2O. The largest absolute Gasteiger partial charge is 0.377 e. The zero-order chi connectivity index (χ0) is 15.3. The molecule has 0 bridgehead atoms. The second kappa shape index (κ2) is 7.39. The van der Waals surface area contributed by atoms with Gasteiger partial charge in [-0.3, -0.25) is 4.90 Å².